The van der Waals surface area contributed by atoms with Gasteiger partial charge < -0.3 is 20.1 Å². The van der Waals surface area contributed by atoms with E-state index < -0.39 is 0 Å². The van der Waals surface area contributed by atoms with Gasteiger partial charge >= 0.3 is 0 Å². The van der Waals surface area contributed by atoms with E-state index in [1.807, 2.05) is 19.2 Å². The Hall–Kier alpha value is -1.75. The third-order valence-corrected chi connectivity index (χ3v) is 4.03. The Morgan fingerprint density at radius 2 is 2.17 bits per heavy atom. The van der Waals surface area contributed by atoms with Crippen LogP contribution in [0.15, 0.2) is 29.3 Å². The maximum Gasteiger partial charge on any atom is 0.190 e. The van der Waals surface area contributed by atoms with Crippen LogP contribution < -0.4 is 15.4 Å². The number of nitrogens with one attached hydrogen (secondary N) is 2. The molecule has 0 spiro atoms. The second-order valence-electron chi connectivity index (χ2n) is 6.57. The molecule has 24 heavy (non-hydrogen) atoms. The molecule has 0 radical (unpaired) electrons. The lowest BCUT2D eigenvalue weighted by Crippen LogP contribution is -2.40. The average molecular weight is 333 g/mol. The molecular weight excluding hydrogens is 302 g/mol. The van der Waals surface area contributed by atoms with Gasteiger partial charge in [-0.1, -0.05) is 32.0 Å². The zero-order chi connectivity index (χ0) is 17.2. The highest BCUT2D eigenvalue weighted by molar-refractivity contribution is 5.79. The molecule has 2 rings (SSSR count). The third-order valence-electron chi connectivity index (χ3n) is 4.03. The van der Waals surface area contributed by atoms with Gasteiger partial charge in [0.1, 0.15) is 5.75 Å². The molecule has 0 saturated heterocycles. The van der Waals surface area contributed by atoms with E-state index in [-0.39, 0.29) is 0 Å². The van der Waals surface area contributed by atoms with Crippen molar-refractivity contribution in [3.8, 4) is 5.75 Å². The largest absolute Gasteiger partial charge is 0.493 e. The predicted molar refractivity (Wildman–Crippen MR) is 98.9 cm³/mol. The van der Waals surface area contributed by atoms with Gasteiger partial charge in [0.05, 0.1) is 6.61 Å². The Bertz CT molecular complexity index is 517. The van der Waals surface area contributed by atoms with Crippen LogP contribution in [-0.4, -0.2) is 45.9 Å². The molecule has 0 amide bonds. The average Bonchev–Trinajstić information content (AvgIpc) is 2.60. The van der Waals surface area contributed by atoms with Crippen molar-refractivity contribution in [3.63, 3.8) is 0 Å². The van der Waals surface area contributed by atoms with Gasteiger partial charge in [-0.2, -0.15) is 0 Å². The number of aliphatic imine (C=N–C) groups is 1. The number of fused-ring (bicyclic) bond motifs is 1. The van der Waals surface area contributed by atoms with Gasteiger partial charge in [-0.25, -0.2) is 0 Å². The van der Waals surface area contributed by atoms with E-state index in [9.17, 15) is 0 Å². The van der Waals surface area contributed by atoms with Crippen LogP contribution in [0.1, 0.15) is 38.2 Å². The number of rotatable bonds is 8. The topological polar surface area (TPSA) is 54.9 Å². The fourth-order valence-electron chi connectivity index (χ4n) is 2.77. The minimum Gasteiger partial charge on any atom is -0.493 e. The van der Waals surface area contributed by atoms with Crippen LogP contribution >= 0.6 is 0 Å². The van der Waals surface area contributed by atoms with E-state index in [4.69, 9.17) is 9.47 Å². The van der Waals surface area contributed by atoms with Crippen LogP contribution in [0.2, 0.25) is 0 Å². The quantitative estimate of drug-likeness (QED) is 0.436. The summed E-state index contributed by atoms with van der Waals surface area (Å²) in [4.78, 5) is 4.30. The van der Waals surface area contributed by atoms with Crippen molar-refractivity contribution >= 4 is 5.96 Å². The number of guanidine groups is 1. The van der Waals surface area contributed by atoms with E-state index >= 15 is 0 Å². The van der Waals surface area contributed by atoms with Gasteiger partial charge in [0.2, 0.25) is 0 Å². The van der Waals surface area contributed by atoms with E-state index in [0.717, 1.165) is 57.5 Å². The highest BCUT2D eigenvalue weighted by Gasteiger charge is 2.20. The molecule has 5 nitrogen and oxygen atoms in total. The summed E-state index contributed by atoms with van der Waals surface area (Å²) in [6, 6.07) is 8.30. The number of hydrogen-bond donors (Lipinski definition) is 2. The molecule has 0 saturated carbocycles. The molecule has 0 aliphatic carbocycles. The number of hydrogen-bond acceptors (Lipinski definition) is 3. The standard InChI is InChI=1S/C19H31N3O2/c1-15(2)14-23-11-6-10-21-19(20-3)22-13-16-9-12-24-18-8-5-4-7-17(16)18/h4-5,7-8,15-16H,6,9-14H2,1-3H3,(H2,20,21,22). The molecule has 134 valence electrons. The van der Waals surface area contributed by atoms with Gasteiger partial charge in [0, 0.05) is 39.3 Å². The molecule has 0 bridgehead atoms. The fourth-order valence-corrected chi connectivity index (χ4v) is 2.77. The first-order valence-electron chi connectivity index (χ1n) is 8.94. The van der Waals surface area contributed by atoms with Gasteiger partial charge in [-0.3, -0.25) is 4.99 Å². The Morgan fingerprint density at radius 3 is 2.96 bits per heavy atom. The van der Waals surface area contributed by atoms with Crippen LogP contribution in [0.25, 0.3) is 0 Å². The van der Waals surface area contributed by atoms with Gasteiger partial charge in [0.15, 0.2) is 5.96 Å². The van der Waals surface area contributed by atoms with E-state index in [1.165, 1.54) is 5.56 Å². The van der Waals surface area contributed by atoms with Crippen LogP contribution in [0.5, 0.6) is 5.75 Å². The first-order valence-corrected chi connectivity index (χ1v) is 8.94. The second-order valence-corrected chi connectivity index (χ2v) is 6.57. The Morgan fingerprint density at radius 1 is 1.33 bits per heavy atom. The molecular formula is C19H31N3O2. The normalized spacial score (nSPS) is 17.3. The molecule has 1 aliphatic rings. The molecule has 1 heterocycles. The van der Waals surface area contributed by atoms with Gasteiger partial charge in [0.25, 0.3) is 0 Å². The SMILES string of the molecule is CN=C(NCCCOCC(C)C)NCC1CCOc2ccccc21. The number of ether oxygens (including phenoxy) is 2. The van der Waals surface area contributed by atoms with Crippen LogP contribution in [0.3, 0.4) is 0 Å². The van der Waals surface area contributed by atoms with Gasteiger partial charge in [-0.15, -0.1) is 0 Å². The van der Waals surface area contributed by atoms with Crippen molar-refractivity contribution in [1.82, 2.24) is 10.6 Å². The van der Waals surface area contributed by atoms with Crippen molar-refractivity contribution in [3.05, 3.63) is 29.8 Å². The lowest BCUT2D eigenvalue weighted by atomic mass is 9.93. The van der Waals surface area contributed by atoms with Crippen molar-refractivity contribution in [2.45, 2.75) is 32.6 Å². The van der Waals surface area contributed by atoms with Crippen LogP contribution in [-0.2, 0) is 4.74 Å². The van der Waals surface area contributed by atoms with E-state index in [1.54, 1.807) is 0 Å². The monoisotopic (exact) mass is 333 g/mol. The molecule has 0 fully saturated rings. The summed E-state index contributed by atoms with van der Waals surface area (Å²) in [5, 5.41) is 6.78. The maximum absolute atomic E-state index is 5.72. The van der Waals surface area contributed by atoms with Gasteiger partial charge in [-0.05, 0) is 30.4 Å². The first-order chi connectivity index (χ1) is 11.7. The fraction of sp³-hybridized carbons (Fsp3) is 0.632. The lowest BCUT2D eigenvalue weighted by molar-refractivity contribution is 0.108. The molecule has 0 aromatic heterocycles. The summed E-state index contributed by atoms with van der Waals surface area (Å²) in [6.07, 6.45) is 2.01. The zero-order valence-corrected chi connectivity index (χ0v) is 15.2. The summed E-state index contributed by atoms with van der Waals surface area (Å²) in [5.41, 5.74) is 1.29. The summed E-state index contributed by atoms with van der Waals surface area (Å²) in [5.74, 6) is 2.92. The van der Waals surface area contributed by atoms with Crippen molar-refractivity contribution in [2.24, 2.45) is 10.9 Å². The Kier molecular flexibility index (Phi) is 7.89. The van der Waals surface area contributed by atoms with E-state index in [2.05, 4.69) is 41.6 Å². The van der Waals surface area contributed by atoms with Crippen LogP contribution in [0, 0.1) is 5.92 Å². The highest BCUT2D eigenvalue weighted by Crippen LogP contribution is 2.32. The smallest absolute Gasteiger partial charge is 0.190 e. The zero-order valence-electron chi connectivity index (χ0n) is 15.2. The second kappa shape index (κ2) is 10.2. The number of nitrogens with zero attached hydrogens (tertiary/aromatic N) is 1. The summed E-state index contributed by atoms with van der Waals surface area (Å²) in [7, 11) is 1.81. The summed E-state index contributed by atoms with van der Waals surface area (Å²) < 4.78 is 11.3. The number of para-hydroxylation sites is 1. The summed E-state index contributed by atoms with van der Waals surface area (Å²) in [6.45, 7) is 8.46. The highest BCUT2D eigenvalue weighted by atomic mass is 16.5. The minimum atomic E-state index is 0.461. The van der Waals surface area contributed by atoms with Crippen molar-refractivity contribution in [1.29, 1.82) is 0 Å². The molecule has 2 N–H and O–H groups in total. The Labute approximate surface area is 145 Å². The third kappa shape index (κ3) is 6.04. The number of benzene rings is 1. The van der Waals surface area contributed by atoms with Crippen molar-refractivity contribution < 1.29 is 9.47 Å². The molecule has 5 heteroatoms. The first kappa shape index (κ1) is 18.6. The van der Waals surface area contributed by atoms with Crippen molar-refractivity contribution in [2.75, 3.05) is 40.0 Å². The predicted octanol–water partition coefficient (Wildman–Crippen LogP) is 2.78. The lowest BCUT2D eigenvalue weighted by Gasteiger charge is -2.26. The van der Waals surface area contributed by atoms with Crippen LogP contribution in [0.4, 0.5) is 0 Å². The molecule has 1 aliphatic heterocycles. The molecule has 1 atom stereocenters. The maximum atomic E-state index is 5.72. The minimum absolute atomic E-state index is 0.461. The van der Waals surface area contributed by atoms with E-state index in [0.29, 0.717) is 11.8 Å². The molecule has 1 aromatic carbocycles. The Balaban J connectivity index is 1.69. The summed E-state index contributed by atoms with van der Waals surface area (Å²) >= 11 is 0. The molecule has 1 aromatic rings. The molecule has 1 unspecified atom stereocenters.